The predicted molar refractivity (Wildman–Crippen MR) is 143 cm³/mol. The van der Waals surface area contributed by atoms with Crippen LogP contribution >= 0.6 is 0 Å². The number of rotatable bonds is 6. The molecule has 0 amide bonds. The zero-order chi connectivity index (χ0) is 25.7. The lowest BCUT2D eigenvalue weighted by Crippen LogP contribution is -2.35. The number of hydrogen-bond acceptors (Lipinski definition) is 4. The van der Waals surface area contributed by atoms with Gasteiger partial charge in [-0.3, -0.25) is 0 Å². The smallest absolute Gasteiger partial charge is 0.113 e. The minimum atomic E-state index is -0.638. The van der Waals surface area contributed by atoms with Gasteiger partial charge in [0.25, 0.3) is 0 Å². The van der Waals surface area contributed by atoms with Crippen molar-refractivity contribution < 1.29 is 19.7 Å². The molecule has 0 saturated heterocycles. The molecular weight excluding hydrogens is 448 g/mol. The molecule has 0 aromatic carbocycles. The Morgan fingerprint density at radius 2 is 1.89 bits per heavy atom. The summed E-state index contributed by atoms with van der Waals surface area (Å²) in [4.78, 5) is 0. The van der Waals surface area contributed by atoms with Crippen molar-refractivity contribution >= 4 is 0 Å². The molecule has 7 atom stereocenters. The second kappa shape index (κ2) is 9.78. The van der Waals surface area contributed by atoms with E-state index in [2.05, 4.69) is 38.7 Å². The lowest BCUT2D eigenvalue weighted by atomic mass is 9.61. The van der Waals surface area contributed by atoms with Crippen molar-refractivity contribution in [2.75, 3.05) is 0 Å². The number of aliphatic hydroxyl groups is 3. The highest BCUT2D eigenvalue weighted by Gasteiger charge is 2.53. The van der Waals surface area contributed by atoms with E-state index in [4.69, 9.17) is 4.42 Å². The molecular formula is C32H44O4. The first-order chi connectivity index (χ1) is 17.1. The maximum atomic E-state index is 11.1. The van der Waals surface area contributed by atoms with Gasteiger partial charge in [0.15, 0.2) is 0 Å². The van der Waals surface area contributed by atoms with Crippen LogP contribution < -0.4 is 0 Å². The summed E-state index contributed by atoms with van der Waals surface area (Å²) in [6.45, 7) is 10.8. The molecule has 0 aliphatic heterocycles. The summed E-state index contributed by atoms with van der Waals surface area (Å²) in [5, 5.41) is 31.4. The summed E-state index contributed by atoms with van der Waals surface area (Å²) in [7, 11) is 0. The average Bonchev–Trinajstić information content (AvgIpc) is 3.41. The molecule has 4 fully saturated rings. The Labute approximate surface area is 216 Å². The van der Waals surface area contributed by atoms with Crippen LogP contribution in [0.4, 0.5) is 0 Å². The van der Waals surface area contributed by atoms with Gasteiger partial charge in [0.05, 0.1) is 23.7 Å². The Morgan fingerprint density at radius 3 is 2.58 bits per heavy atom. The lowest BCUT2D eigenvalue weighted by molar-refractivity contribution is 0.0862. The van der Waals surface area contributed by atoms with Crippen LogP contribution in [0.1, 0.15) is 83.2 Å². The highest BCUT2D eigenvalue weighted by atomic mass is 16.3. The molecule has 4 heteroatoms. The molecule has 4 nitrogen and oxygen atoms in total. The van der Waals surface area contributed by atoms with E-state index in [1.807, 2.05) is 25.1 Å². The Hall–Kier alpha value is -1.88. The van der Waals surface area contributed by atoms with Crippen LogP contribution in [0.3, 0.4) is 0 Å². The second-order valence-corrected chi connectivity index (χ2v) is 12.4. The van der Waals surface area contributed by atoms with E-state index in [1.54, 1.807) is 0 Å². The molecule has 196 valence electrons. The van der Waals surface area contributed by atoms with Gasteiger partial charge >= 0.3 is 0 Å². The molecule has 0 unspecified atom stereocenters. The standard InChI is InChI=1S/C32H44O4/c1-20(7-13-29(35)32(16-17-32)30-14-8-21(2)36-30)26-11-12-27-23(6-5-15-31(26,27)4)9-10-24-18-25(33)19-28(34)22(24)3/h7-10,13-14,20,25-29,33-35H,3,5-6,11-12,15-19H2,1-2,4H3/t20-,25-,26-,27+,28+,29-,31-/m1/s1. The monoisotopic (exact) mass is 492 g/mol. The van der Waals surface area contributed by atoms with Crippen molar-refractivity contribution in [2.24, 2.45) is 23.2 Å². The summed E-state index contributed by atoms with van der Waals surface area (Å²) in [6, 6.07) is 4.02. The van der Waals surface area contributed by atoms with Crippen LogP contribution in [0.5, 0.6) is 0 Å². The quantitative estimate of drug-likeness (QED) is 0.407. The fourth-order valence-electron chi connectivity index (χ4n) is 7.73. The zero-order valence-electron chi connectivity index (χ0n) is 22.2. The Balaban J connectivity index is 1.29. The van der Waals surface area contributed by atoms with Gasteiger partial charge in [0.1, 0.15) is 11.5 Å². The SMILES string of the molecule is C=C1C(=CC=C2CCC[C@]3(C)[C@@H]([C@H](C)C=C[C@@H](O)C4(c5ccc(C)o5)CC4)CC[C@@H]23)C[C@@H](O)C[C@@H]1O. The van der Waals surface area contributed by atoms with Crippen LogP contribution in [0.2, 0.25) is 0 Å². The molecule has 5 rings (SSSR count). The van der Waals surface area contributed by atoms with Crippen molar-refractivity contribution in [3.8, 4) is 0 Å². The molecule has 0 radical (unpaired) electrons. The number of hydrogen-bond donors (Lipinski definition) is 3. The summed E-state index contributed by atoms with van der Waals surface area (Å²) < 4.78 is 5.88. The number of furan rings is 1. The van der Waals surface area contributed by atoms with Gasteiger partial charge in [-0.25, -0.2) is 0 Å². The van der Waals surface area contributed by atoms with E-state index < -0.39 is 18.3 Å². The summed E-state index contributed by atoms with van der Waals surface area (Å²) in [5.74, 6) is 3.40. The van der Waals surface area contributed by atoms with Crippen LogP contribution in [-0.4, -0.2) is 33.6 Å². The first-order valence-corrected chi connectivity index (χ1v) is 14.0. The Morgan fingerprint density at radius 1 is 1.11 bits per heavy atom. The van der Waals surface area contributed by atoms with Gasteiger partial charge in [-0.1, -0.05) is 50.3 Å². The van der Waals surface area contributed by atoms with Crippen molar-refractivity contribution in [3.63, 3.8) is 0 Å². The van der Waals surface area contributed by atoms with E-state index in [-0.39, 0.29) is 10.8 Å². The molecule has 1 aromatic rings. The van der Waals surface area contributed by atoms with Gasteiger partial charge < -0.3 is 19.7 Å². The van der Waals surface area contributed by atoms with Crippen LogP contribution in [0, 0.1) is 30.1 Å². The minimum Gasteiger partial charge on any atom is -0.466 e. The third-order valence-corrected chi connectivity index (χ3v) is 10.1. The lowest BCUT2D eigenvalue weighted by Gasteiger charge is -2.44. The highest BCUT2D eigenvalue weighted by molar-refractivity contribution is 5.39. The zero-order valence-corrected chi connectivity index (χ0v) is 22.2. The fourth-order valence-corrected chi connectivity index (χ4v) is 7.73. The molecule has 1 aromatic heterocycles. The third kappa shape index (κ3) is 4.61. The molecule has 0 bridgehead atoms. The maximum Gasteiger partial charge on any atom is 0.113 e. The van der Waals surface area contributed by atoms with Gasteiger partial charge in [-0.2, -0.15) is 0 Å². The van der Waals surface area contributed by atoms with Crippen molar-refractivity contribution in [2.45, 2.75) is 102 Å². The number of fused-ring (bicyclic) bond motifs is 1. The average molecular weight is 493 g/mol. The van der Waals surface area contributed by atoms with E-state index in [9.17, 15) is 15.3 Å². The molecule has 0 spiro atoms. The van der Waals surface area contributed by atoms with E-state index in [0.717, 1.165) is 41.9 Å². The number of aryl methyl sites for hydroxylation is 1. The molecule has 4 saturated carbocycles. The third-order valence-electron chi connectivity index (χ3n) is 10.1. The van der Waals surface area contributed by atoms with Gasteiger partial charge in [-0.15, -0.1) is 0 Å². The number of allylic oxidation sites excluding steroid dienone is 4. The summed E-state index contributed by atoms with van der Waals surface area (Å²) in [6.07, 6.45) is 16.0. The largest absolute Gasteiger partial charge is 0.466 e. The summed E-state index contributed by atoms with van der Waals surface area (Å²) in [5.41, 5.74) is 3.29. The predicted octanol–water partition coefficient (Wildman–Crippen LogP) is 6.31. The topological polar surface area (TPSA) is 73.8 Å². The second-order valence-electron chi connectivity index (χ2n) is 12.4. The molecule has 1 heterocycles. The van der Waals surface area contributed by atoms with E-state index >= 15 is 0 Å². The van der Waals surface area contributed by atoms with Gasteiger partial charge in [-0.05, 0) is 105 Å². The summed E-state index contributed by atoms with van der Waals surface area (Å²) >= 11 is 0. The van der Waals surface area contributed by atoms with Crippen LogP contribution in [-0.2, 0) is 5.41 Å². The van der Waals surface area contributed by atoms with E-state index in [1.165, 1.54) is 31.3 Å². The minimum absolute atomic E-state index is 0.231. The van der Waals surface area contributed by atoms with Gasteiger partial charge in [0.2, 0.25) is 0 Å². The normalized spacial score (nSPS) is 38.0. The fraction of sp³-hybridized carbons (Fsp3) is 0.625. The van der Waals surface area contributed by atoms with Gasteiger partial charge in [0, 0.05) is 6.42 Å². The number of aliphatic hydroxyl groups excluding tert-OH is 3. The molecule has 4 aliphatic carbocycles. The molecule has 3 N–H and O–H groups in total. The molecule has 4 aliphatic rings. The van der Waals surface area contributed by atoms with Crippen molar-refractivity contribution in [1.82, 2.24) is 0 Å². The highest BCUT2D eigenvalue weighted by Crippen LogP contribution is 2.60. The Bertz CT molecular complexity index is 1070. The van der Waals surface area contributed by atoms with E-state index in [0.29, 0.717) is 30.6 Å². The van der Waals surface area contributed by atoms with Crippen LogP contribution in [0.25, 0.3) is 0 Å². The maximum absolute atomic E-state index is 11.1. The molecule has 36 heavy (non-hydrogen) atoms. The first-order valence-electron chi connectivity index (χ1n) is 14.0. The first kappa shape index (κ1) is 25.8. The van der Waals surface area contributed by atoms with Crippen LogP contribution in [0.15, 0.2) is 64.2 Å². The van der Waals surface area contributed by atoms with Crippen molar-refractivity contribution in [3.05, 3.63) is 71.3 Å². The Kier molecular flexibility index (Phi) is 6.99. The van der Waals surface area contributed by atoms with Crippen molar-refractivity contribution in [1.29, 1.82) is 0 Å².